The van der Waals surface area contributed by atoms with Gasteiger partial charge in [0.2, 0.25) is 0 Å². The lowest BCUT2D eigenvalue weighted by molar-refractivity contribution is -0.137. The predicted molar refractivity (Wildman–Crippen MR) is 107 cm³/mol. The Morgan fingerprint density at radius 3 is 2.40 bits per heavy atom. The number of aromatic nitrogens is 1. The second-order valence-corrected chi connectivity index (χ2v) is 9.79. The molecule has 1 heterocycles. The number of aliphatic hydroxyl groups is 1. The van der Waals surface area contributed by atoms with Gasteiger partial charge in [0.05, 0.1) is 11.2 Å². The molecule has 1 amide bonds. The van der Waals surface area contributed by atoms with Gasteiger partial charge in [-0.05, 0) is 74.1 Å². The van der Waals surface area contributed by atoms with E-state index in [9.17, 15) is 23.1 Å². The lowest BCUT2D eigenvalue weighted by atomic mass is 9.52. The van der Waals surface area contributed by atoms with Crippen LogP contribution in [0.25, 0.3) is 0 Å². The molecular formula is C21H22F3N3O2S. The van der Waals surface area contributed by atoms with Crippen LogP contribution in [0, 0.1) is 17.8 Å². The second-order valence-electron chi connectivity index (χ2n) is 8.93. The highest BCUT2D eigenvalue weighted by Crippen LogP contribution is 2.55. The molecule has 2 unspecified atom stereocenters. The van der Waals surface area contributed by atoms with Crippen molar-refractivity contribution in [3.63, 3.8) is 0 Å². The smallest absolute Gasteiger partial charge is 0.390 e. The van der Waals surface area contributed by atoms with Crippen LogP contribution in [-0.2, 0) is 6.18 Å². The van der Waals surface area contributed by atoms with Crippen molar-refractivity contribution in [1.82, 2.24) is 10.3 Å². The molecular weight excluding hydrogens is 415 g/mol. The van der Waals surface area contributed by atoms with Gasteiger partial charge in [-0.3, -0.25) is 4.79 Å². The Morgan fingerprint density at radius 2 is 1.80 bits per heavy atom. The number of anilines is 2. The SMILES string of the molecule is O=C(N[C@H]1C2CC3CC1C[C@](O)(C3)C2)c1csc(Nc2ccc(C(F)(F)F)cc2)n1. The number of carbonyl (C=O) groups excluding carboxylic acids is 1. The number of benzene rings is 1. The summed E-state index contributed by atoms with van der Waals surface area (Å²) in [6.45, 7) is 0. The molecule has 4 aliphatic rings. The maximum Gasteiger partial charge on any atom is 0.416 e. The van der Waals surface area contributed by atoms with Gasteiger partial charge in [0.15, 0.2) is 5.13 Å². The zero-order chi connectivity index (χ0) is 21.1. The van der Waals surface area contributed by atoms with Gasteiger partial charge in [-0.15, -0.1) is 11.3 Å². The fourth-order valence-electron chi connectivity index (χ4n) is 5.74. The van der Waals surface area contributed by atoms with Crippen LogP contribution in [-0.4, -0.2) is 27.6 Å². The van der Waals surface area contributed by atoms with Gasteiger partial charge in [-0.25, -0.2) is 4.98 Å². The number of hydrogen-bond donors (Lipinski definition) is 3. The van der Waals surface area contributed by atoms with E-state index < -0.39 is 17.3 Å². The Kier molecular flexibility index (Phi) is 4.59. The first kappa shape index (κ1) is 19.8. The standard InChI is InChI=1S/C21H22F3N3O2S/c22-21(23,24)14-1-3-15(4-2-14)25-19-26-16(10-30-19)18(28)27-17-12-5-11-6-13(17)9-20(29,7-11)8-12/h1-4,10-13,17,29H,5-9H2,(H,25,26)(H,27,28)/t11?,12?,13?,17-,20-. The number of thiazole rings is 1. The number of hydrogen-bond acceptors (Lipinski definition) is 5. The minimum Gasteiger partial charge on any atom is -0.390 e. The molecule has 4 bridgehead atoms. The van der Waals surface area contributed by atoms with Crippen LogP contribution in [0.15, 0.2) is 29.6 Å². The molecule has 4 saturated carbocycles. The number of halogens is 3. The molecule has 4 fully saturated rings. The highest BCUT2D eigenvalue weighted by atomic mass is 32.1. The molecule has 2 aromatic rings. The summed E-state index contributed by atoms with van der Waals surface area (Å²) in [5.74, 6) is 0.956. The Morgan fingerprint density at radius 1 is 1.13 bits per heavy atom. The first-order chi connectivity index (χ1) is 14.2. The van der Waals surface area contributed by atoms with Crippen LogP contribution in [0.2, 0.25) is 0 Å². The number of nitrogens with zero attached hydrogens (tertiary/aromatic N) is 1. The van der Waals surface area contributed by atoms with Gasteiger partial charge >= 0.3 is 6.18 Å². The van der Waals surface area contributed by atoms with Crippen molar-refractivity contribution >= 4 is 28.1 Å². The van der Waals surface area contributed by atoms with Crippen molar-refractivity contribution in [2.45, 2.75) is 49.9 Å². The lowest BCUT2D eigenvalue weighted by Crippen LogP contribution is -2.61. The summed E-state index contributed by atoms with van der Waals surface area (Å²) < 4.78 is 38.0. The van der Waals surface area contributed by atoms with Crippen LogP contribution in [0.3, 0.4) is 0 Å². The van der Waals surface area contributed by atoms with Crippen LogP contribution in [0.1, 0.15) is 48.2 Å². The Balaban J connectivity index is 1.23. The largest absolute Gasteiger partial charge is 0.416 e. The zero-order valence-electron chi connectivity index (χ0n) is 16.1. The highest BCUT2D eigenvalue weighted by Gasteiger charge is 2.55. The van der Waals surface area contributed by atoms with Crippen molar-refractivity contribution < 1.29 is 23.1 Å². The predicted octanol–water partition coefficient (Wildman–Crippen LogP) is 4.57. The quantitative estimate of drug-likeness (QED) is 0.655. The molecule has 0 saturated heterocycles. The lowest BCUT2D eigenvalue weighted by Gasteiger charge is -2.58. The Hall–Kier alpha value is -2.13. The fourth-order valence-corrected chi connectivity index (χ4v) is 6.45. The van der Waals surface area contributed by atoms with E-state index in [1.165, 1.54) is 23.5 Å². The summed E-state index contributed by atoms with van der Waals surface area (Å²) in [6.07, 6.45) is 0.138. The fraction of sp³-hybridized carbons (Fsp3) is 0.524. The van der Waals surface area contributed by atoms with E-state index in [0.29, 0.717) is 34.3 Å². The van der Waals surface area contributed by atoms with E-state index in [4.69, 9.17) is 0 Å². The summed E-state index contributed by atoms with van der Waals surface area (Å²) in [4.78, 5) is 17.1. The van der Waals surface area contributed by atoms with Crippen molar-refractivity contribution in [1.29, 1.82) is 0 Å². The maximum atomic E-state index is 12.8. The average molecular weight is 437 g/mol. The first-order valence-corrected chi connectivity index (χ1v) is 11.0. The topological polar surface area (TPSA) is 74.2 Å². The van der Waals surface area contributed by atoms with Crippen molar-refractivity contribution in [3.8, 4) is 0 Å². The number of rotatable bonds is 4. The molecule has 160 valence electrons. The number of carbonyl (C=O) groups is 1. The van der Waals surface area contributed by atoms with E-state index >= 15 is 0 Å². The van der Waals surface area contributed by atoms with E-state index in [0.717, 1.165) is 44.2 Å². The average Bonchev–Trinajstić information content (AvgIpc) is 3.11. The van der Waals surface area contributed by atoms with Gasteiger partial charge in [-0.1, -0.05) is 0 Å². The number of amides is 1. The first-order valence-electron chi connectivity index (χ1n) is 10.1. The minimum atomic E-state index is -4.38. The van der Waals surface area contributed by atoms with E-state index in [2.05, 4.69) is 15.6 Å². The van der Waals surface area contributed by atoms with E-state index in [-0.39, 0.29) is 11.9 Å². The molecule has 6 rings (SSSR count). The summed E-state index contributed by atoms with van der Waals surface area (Å²) in [5, 5.41) is 18.9. The van der Waals surface area contributed by atoms with Crippen molar-refractivity contribution in [2.24, 2.45) is 17.8 Å². The molecule has 0 radical (unpaired) electrons. The number of alkyl halides is 3. The summed E-state index contributed by atoms with van der Waals surface area (Å²) in [5.41, 5.74) is -0.495. The van der Waals surface area contributed by atoms with Gasteiger partial charge in [-0.2, -0.15) is 13.2 Å². The molecule has 0 spiro atoms. The van der Waals surface area contributed by atoms with Crippen LogP contribution < -0.4 is 10.6 Å². The molecule has 1 aromatic carbocycles. The van der Waals surface area contributed by atoms with Crippen molar-refractivity contribution in [3.05, 3.63) is 40.9 Å². The number of nitrogens with one attached hydrogen (secondary N) is 2. The normalized spacial score (nSPS) is 32.3. The third-order valence-corrected chi connectivity index (χ3v) is 7.50. The molecule has 5 nitrogen and oxygen atoms in total. The van der Waals surface area contributed by atoms with Gasteiger partial charge in [0.25, 0.3) is 5.91 Å². The molecule has 30 heavy (non-hydrogen) atoms. The van der Waals surface area contributed by atoms with E-state index in [1.54, 1.807) is 5.38 Å². The third kappa shape index (κ3) is 3.69. The highest BCUT2D eigenvalue weighted by molar-refractivity contribution is 7.14. The molecule has 4 aliphatic carbocycles. The Labute approximate surface area is 175 Å². The van der Waals surface area contributed by atoms with Gasteiger partial charge < -0.3 is 15.7 Å². The van der Waals surface area contributed by atoms with E-state index in [1.807, 2.05) is 0 Å². The minimum absolute atomic E-state index is 0.0716. The molecule has 3 N–H and O–H groups in total. The maximum absolute atomic E-state index is 12.8. The second kappa shape index (κ2) is 6.95. The van der Waals surface area contributed by atoms with Crippen LogP contribution in [0.4, 0.5) is 24.0 Å². The summed E-state index contributed by atoms with van der Waals surface area (Å²) in [7, 11) is 0. The van der Waals surface area contributed by atoms with Crippen LogP contribution in [0.5, 0.6) is 0 Å². The molecule has 2 atom stereocenters. The molecule has 1 aromatic heterocycles. The van der Waals surface area contributed by atoms with Gasteiger partial charge in [0, 0.05) is 17.1 Å². The van der Waals surface area contributed by atoms with Crippen LogP contribution >= 0.6 is 11.3 Å². The summed E-state index contributed by atoms with van der Waals surface area (Å²) in [6, 6.07) is 4.75. The zero-order valence-corrected chi connectivity index (χ0v) is 16.9. The molecule has 0 aliphatic heterocycles. The molecule has 9 heteroatoms. The van der Waals surface area contributed by atoms with Gasteiger partial charge in [0.1, 0.15) is 5.69 Å². The Bertz CT molecular complexity index is 943. The van der Waals surface area contributed by atoms with Crippen molar-refractivity contribution in [2.75, 3.05) is 5.32 Å². The third-order valence-electron chi connectivity index (χ3n) is 6.74. The summed E-state index contributed by atoms with van der Waals surface area (Å²) >= 11 is 1.23. The monoisotopic (exact) mass is 437 g/mol.